The zero-order valence-electron chi connectivity index (χ0n) is 13.3. The predicted octanol–water partition coefficient (Wildman–Crippen LogP) is 2.72. The molecule has 1 N–H and O–H groups in total. The van der Waals surface area contributed by atoms with Crippen molar-refractivity contribution in [3.63, 3.8) is 0 Å². The van der Waals surface area contributed by atoms with Crippen molar-refractivity contribution < 1.29 is 0 Å². The number of piperidine rings is 1. The predicted molar refractivity (Wildman–Crippen MR) is 90.2 cm³/mol. The molecule has 3 aromatic rings. The minimum absolute atomic E-state index is 0.121. The maximum atomic E-state index is 4.36. The summed E-state index contributed by atoms with van der Waals surface area (Å²) in [6, 6.07) is 13.2. The first-order chi connectivity index (χ1) is 11.3. The Kier molecular flexibility index (Phi) is 3.79. The molecule has 5 heteroatoms. The number of hydrogen-bond acceptors (Lipinski definition) is 4. The lowest BCUT2D eigenvalue weighted by Gasteiger charge is -2.31. The van der Waals surface area contributed by atoms with Gasteiger partial charge in [-0.15, -0.1) is 10.2 Å². The van der Waals surface area contributed by atoms with Crippen molar-refractivity contribution in [1.82, 2.24) is 25.5 Å². The van der Waals surface area contributed by atoms with Gasteiger partial charge in [0.05, 0.1) is 0 Å². The summed E-state index contributed by atoms with van der Waals surface area (Å²) in [7, 11) is 0. The fourth-order valence-electron chi connectivity index (χ4n) is 3.75. The molecule has 1 aliphatic rings. The molecule has 1 saturated heterocycles. The van der Waals surface area contributed by atoms with Crippen LogP contribution in [0.2, 0.25) is 0 Å². The van der Waals surface area contributed by atoms with Crippen LogP contribution in [-0.4, -0.2) is 33.3 Å². The van der Waals surface area contributed by atoms with E-state index in [0.717, 1.165) is 13.1 Å². The van der Waals surface area contributed by atoms with Gasteiger partial charge >= 0.3 is 0 Å². The molecule has 0 bridgehead atoms. The van der Waals surface area contributed by atoms with E-state index in [-0.39, 0.29) is 6.04 Å². The second kappa shape index (κ2) is 6.08. The van der Waals surface area contributed by atoms with Crippen LogP contribution in [0.3, 0.4) is 0 Å². The Morgan fingerprint density at radius 3 is 2.78 bits per heavy atom. The van der Waals surface area contributed by atoms with Crippen molar-refractivity contribution in [2.75, 3.05) is 13.1 Å². The quantitative estimate of drug-likeness (QED) is 0.808. The zero-order chi connectivity index (χ0) is 15.6. The molecule has 1 fully saturated rings. The first-order valence-corrected chi connectivity index (χ1v) is 8.26. The SMILES string of the molecule is Cc1ccc([C@H](C2CCCNC2)n2ncnn2)c2ccccc12. The van der Waals surface area contributed by atoms with E-state index in [1.165, 1.54) is 41.1 Å². The van der Waals surface area contributed by atoms with Gasteiger partial charge in [0.15, 0.2) is 6.33 Å². The van der Waals surface area contributed by atoms with Crippen LogP contribution in [-0.2, 0) is 0 Å². The van der Waals surface area contributed by atoms with Gasteiger partial charge < -0.3 is 5.32 Å². The highest BCUT2D eigenvalue weighted by Crippen LogP contribution is 2.35. The van der Waals surface area contributed by atoms with Crippen molar-refractivity contribution in [2.45, 2.75) is 25.8 Å². The lowest BCUT2D eigenvalue weighted by Crippen LogP contribution is -2.36. The van der Waals surface area contributed by atoms with Gasteiger partial charge in [0.1, 0.15) is 6.04 Å². The van der Waals surface area contributed by atoms with Crippen molar-refractivity contribution in [2.24, 2.45) is 5.92 Å². The second-order valence-electron chi connectivity index (χ2n) is 6.32. The Morgan fingerprint density at radius 1 is 1.17 bits per heavy atom. The molecule has 5 nitrogen and oxygen atoms in total. The van der Waals surface area contributed by atoms with Gasteiger partial charge in [0, 0.05) is 6.54 Å². The number of tetrazole rings is 1. The minimum atomic E-state index is 0.121. The molecule has 2 heterocycles. The second-order valence-corrected chi connectivity index (χ2v) is 6.32. The topological polar surface area (TPSA) is 55.6 Å². The Morgan fingerprint density at radius 2 is 2.04 bits per heavy atom. The molecule has 0 amide bonds. The average molecular weight is 307 g/mol. The van der Waals surface area contributed by atoms with E-state index in [4.69, 9.17) is 0 Å². The van der Waals surface area contributed by atoms with Gasteiger partial charge in [-0.3, -0.25) is 0 Å². The van der Waals surface area contributed by atoms with Gasteiger partial charge in [-0.2, -0.15) is 4.80 Å². The summed E-state index contributed by atoms with van der Waals surface area (Å²) < 4.78 is 0. The highest BCUT2D eigenvalue weighted by Gasteiger charge is 2.29. The van der Waals surface area contributed by atoms with Crippen molar-refractivity contribution in [1.29, 1.82) is 0 Å². The number of hydrogen-bond donors (Lipinski definition) is 1. The summed E-state index contributed by atoms with van der Waals surface area (Å²) in [6.07, 6.45) is 3.90. The molecular formula is C18H21N5. The van der Waals surface area contributed by atoms with Gasteiger partial charge in [0.25, 0.3) is 0 Å². The van der Waals surface area contributed by atoms with E-state index in [0.29, 0.717) is 5.92 Å². The molecule has 4 rings (SSSR count). The molecule has 0 spiro atoms. The molecule has 0 radical (unpaired) electrons. The van der Waals surface area contributed by atoms with Crippen LogP contribution in [0.5, 0.6) is 0 Å². The van der Waals surface area contributed by atoms with Gasteiger partial charge in [0.2, 0.25) is 0 Å². The molecule has 2 aromatic carbocycles. The van der Waals surface area contributed by atoms with Crippen molar-refractivity contribution in [3.8, 4) is 0 Å². The van der Waals surface area contributed by atoms with Gasteiger partial charge in [-0.25, -0.2) is 0 Å². The molecule has 0 aliphatic carbocycles. The van der Waals surface area contributed by atoms with Crippen LogP contribution < -0.4 is 5.32 Å². The molecule has 1 aromatic heterocycles. The third-order valence-electron chi connectivity index (χ3n) is 4.89. The van der Waals surface area contributed by atoms with Crippen LogP contribution in [0, 0.1) is 12.8 Å². The Labute approximate surface area is 135 Å². The first-order valence-electron chi connectivity index (χ1n) is 8.26. The van der Waals surface area contributed by atoms with Gasteiger partial charge in [-0.05, 0) is 59.3 Å². The number of rotatable bonds is 3. The number of nitrogens with one attached hydrogen (secondary N) is 1. The molecule has 1 unspecified atom stereocenters. The number of aromatic nitrogens is 4. The van der Waals surface area contributed by atoms with Crippen LogP contribution in [0.1, 0.15) is 30.0 Å². The summed E-state index contributed by atoms with van der Waals surface area (Å²) in [5, 5.41) is 18.6. The third kappa shape index (κ3) is 2.61. The smallest absolute Gasteiger partial charge is 0.162 e. The maximum Gasteiger partial charge on any atom is 0.162 e. The monoisotopic (exact) mass is 307 g/mol. The lowest BCUT2D eigenvalue weighted by atomic mass is 9.85. The average Bonchev–Trinajstić information content (AvgIpc) is 3.13. The number of nitrogens with zero attached hydrogens (tertiary/aromatic N) is 4. The summed E-state index contributed by atoms with van der Waals surface area (Å²) >= 11 is 0. The maximum absolute atomic E-state index is 4.36. The van der Waals surface area contributed by atoms with Crippen LogP contribution in [0.4, 0.5) is 0 Å². The highest BCUT2D eigenvalue weighted by atomic mass is 15.6. The van der Waals surface area contributed by atoms with Gasteiger partial charge in [-0.1, -0.05) is 36.4 Å². The fraction of sp³-hybridized carbons (Fsp3) is 0.389. The van der Waals surface area contributed by atoms with Crippen LogP contribution >= 0.6 is 0 Å². The standard InChI is InChI=1S/C18H21N5/c1-13-8-9-17(16-7-3-2-6-15(13)16)18(23-21-12-20-22-23)14-5-4-10-19-11-14/h2-3,6-9,12,14,18-19H,4-5,10-11H2,1H3/t14?,18-/m0/s1. The van der Waals surface area contributed by atoms with Crippen LogP contribution in [0.25, 0.3) is 10.8 Å². The van der Waals surface area contributed by atoms with E-state index < -0.39 is 0 Å². The summed E-state index contributed by atoms with van der Waals surface area (Å²) in [4.78, 5) is 1.79. The van der Waals surface area contributed by atoms with E-state index in [1.54, 1.807) is 4.80 Å². The summed E-state index contributed by atoms with van der Waals surface area (Å²) in [5.74, 6) is 0.476. The van der Waals surface area contributed by atoms with Crippen molar-refractivity contribution >= 4 is 10.8 Å². The van der Waals surface area contributed by atoms with E-state index in [1.807, 2.05) is 0 Å². The molecular weight excluding hydrogens is 286 g/mol. The minimum Gasteiger partial charge on any atom is -0.316 e. The molecule has 1 aliphatic heterocycles. The number of aryl methyl sites for hydroxylation is 1. The molecule has 0 saturated carbocycles. The summed E-state index contributed by atoms with van der Waals surface area (Å²) in [6.45, 7) is 4.26. The van der Waals surface area contributed by atoms with E-state index in [2.05, 4.69) is 64.0 Å². The van der Waals surface area contributed by atoms with Crippen molar-refractivity contribution in [3.05, 3.63) is 53.9 Å². The Bertz CT molecular complexity index is 790. The zero-order valence-corrected chi connectivity index (χ0v) is 13.3. The normalized spacial score (nSPS) is 19.8. The Hall–Kier alpha value is -2.27. The lowest BCUT2D eigenvalue weighted by molar-refractivity contribution is 0.262. The van der Waals surface area contributed by atoms with E-state index in [9.17, 15) is 0 Å². The highest BCUT2D eigenvalue weighted by molar-refractivity contribution is 5.89. The Balaban J connectivity index is 1.88. The van der Waals surface area contributed by atoms with E-state index >= 15 is 0 Å². The molecule has 2 atom stereocenters. The largest absolute Gasteiger partial charge is 0.316 e. The number of benzene rings is 2. The molecule has 118 valence electrons. The van der Waals surface area contributed by atoms with Crippen LogP contribution in [0.15, 0.2) is 42.7 Å². The third-order valence-corrected chi connectivity index (χ3v) is 4.89. The first kappa shape index (κ1) is 14.3. The fourth-order valence-corrected chi connectivity index (χ4v) is 3.75. The number of fused-ring (bicyclic) bond motifs is 1. The molecule has 23 heavy (non-hydrogen) atoms. The summed E-state index contributed by atoms with van der Waals surface area (Å²) in [5.41, 5.74) is 2.59.